The number of hydrogen-bond acceptors (Lipinski definition) is 7. The minimum atomic E-state index is -0.663. The molecule has 1 atom stereocenters. The smallest absolute Gasteiger partial charge is 0.353 e. The molecule has 1 aromatic heterocycles. The van der Waals surface area contributed by atoms with Crippen LogP contribution in [0, 0.1) is 10.1 Å². The van der Waals surface area contributed by atoms with Crippen LogP contribution in [0.2, 0.25) is 0 Å². The maximum absolute atomic E-state index is 11.0. The molecule has 18 heavy (non-hydrogen) atoms. The van der Waals surface area contributed by atoms with Gasteiger partial charge in [-0.1, -0.05) is 6.92 Å². The Hall–Kier alpha value is -1.96. The summed E-state index contributed by atoms with van der Waals surface area (Å²) in [5, 5.41) is 25.9. The zero-order valence-corrected chi connectivity index (χ0v) is 10.6. The highest BCUT2D eigenvalue weighted by atomic mass is 16.6. The molecule has 0 radical (unpaired) electrons. The Labute approximate surface area is 105 Å². The number of nitrogens with one attached hydrogen (secondary N) is 2. The Balaban J connectivity index is 3.20. The van der Waals surface area contributed by atoms with Gasteiger partial charge in [-0.3, -0.25) is 10.1 Å². The van der Waals surface area contributed by atoms with Gasteiger partial charge >= 0.3 is 5.69 Å². The van der Waals surface area contributed by atoms with E-state index in [1.165, 1.54) is 6.33 Å². The van der Waals surface area contributed by atoms with Crippen molar-refractivity contribution in [3.05, 3.63) is 16.4 Å². The van der Waals surface area contributed by atoms with Crippen LogP contribution in [0.4, 0.5) is 17.3 Å². The monoisotopic (exact) mass is 255 g/mol. The Morgan fingerprint density at radius 3 is 2.56 bits per heavy atom. The lowest BCUT2D eigenvalue weighted by molar-refractivity contribution is -0.383. The SMILES string of the molecule is CCC(C)(CO)Nc1ncnc(NC)c1[N+](=O)[O-]. The van der Waals surface area contributed by atoms with E-state index in [9.17, 15) is 15.2 Å². The van der Waals surface area contributed by atoms with E-state index in [-0.39, 0.29) is 23.9 Å². The highest BCUT2D eigenvalue weighted by Crippen LogP contribution is 2.30. The first-order valence-electron chi connectivity index (χ1n) is 5.53. The summed E-state index contributed by atoms with van der Waals surface area (Å²) in [6, 6.07) is 0. The number of aromatic nitrogens is 2. The van der Waals surface area contributed by atoms with Crippen molar-refractivity contribution in [2.45, 2.75) is 25.8 Å². The molecule has 0 saturated carbocycles. The quantitative estimate of drug-likeness (QED) is 0.513. The average molecular weight is 255 g/mol. The predicted octanol–water partition coefficient (Wildman–Crippen LogP) is 0.999. The van der Waals surface area contributed by atoms with Crippen molar-refractivity contribution in [2.75, 3.05) is 24.3 Å². The summed E-state index contributed by atoms with van der Waals surface area (Å²) >= 11 is 0. The van der Waals surface area contributed by atoms with Crippen LogP contribution in [-0.2, 0) is 0 Å². The summed E-state index contributed by atoms with van der Waals surface area (Å²) in [4.78, 5) is 18.2. The van der Waals surface area contributed by atoms with E-state index < -0.39 is 10.5 Å². The minimum Gasteiger partial charge on any atom is -0.394 e. The van der Waals surface area contributed by atoms with Crippen LogP contribution >= 0.6 is 0 Å². The molecular weight excluding hydrogens is 238 g/mol. The fourth-order valence-electron chi connectivity index (χ4n) is 1.35. The van der Waals surface area contributed by atoms with Gasteiger partial charge in [0, 0.05) is 7.05 Å². The number of nitro groups is 1. The topological polar surface area (TPSA) is 113 Å². The van der Waals surface area contributed by atoms with Crippen molar-refractivity contribution in [3.8, 4) is 0 Å². The number of anilines is 2. The number of aliphatic hydroxyl groups is 1. The molecule has 0 amide bonds. The van der Waals surface area contributed by atoms with Crippen LogP contribution in [0.15, 0.2) is 6.33 Å². The van der Waals surface area contributed by atoms with Gasteiger partial charge in [0.1, 0.15) is 6.33 Å². The largest absolute Gasteiger partial charge is 0.394 e. The van der Waals surface area contributed by atoms with Gasteiger partial charge in [0.25, 0.3) is 0 Å². The average Bonchev–Trinajstić information content (AvgIpc) is 2.37. The molecule has 0 spiro atoms. The third kappa shape index (κ3) is 2.83. The maximum Gasteiger partial charge on any atom is 0.353 e. The first-order chi connectivity index (χ1) is 8.47. The Morgan fingerprint density at radius 1 is 1.50 bits per heavy atom. The van der Waals surface area contributed by atoms with Gasteiger partial charge in [0.05, 0.1) is 17.1 Å². The molecule has 0 aliphatic heterocycles. The van der Waals surface area contributed by atoms with Crippen molar-refractivity contribution in [1.82, 2.24) is 9.97 Å². The van der Waals surface area contributed by atoms with Crippen LogP contribution in [-0.4, -0.2) is 39.2 Å². The second kappa shape index (κ2) is 5.58. The van der Waals surface area contributed by atoms with Gasteiger partial charge in [0.15, 0.2) is 0 Å². The van der Waals surface area contributed by atoms with Crippen molar-refractivity contribution in [1.29, 1.82) is 0 Å². The molecule has 8 heteroatoms. The van der Waals surface area contributed by atoms with Gasteiger partial charge < -0.3 is 15.7 Å². The van der Waals surface area contributed by atoms with E-state index in [2.05, 4.69) is 20.6 Å². The molecule has 0 bridgehead atoms. The lowest BCUT2D eigenvalue weighted by Gasteiger charge is -2.27. The molecule has 1 aromatic rings. The standard InChI is InChI=1S/C10H17N5O3/c1-4-10(2,5-16)14-9-7(15(17)18)8(11-3)12-6-13-9/h6,16H,4-5H2,1-3H3,(H2,11,12,13,14). The summed E-state index contributed by atoms with van der Waals surface area (Å²) in [6.07, 6.45) is 1.83. The third-order valence-corrected chi connectivity index (χ3v) is 2.79. The Kier molecular flexibility index (Phi) is 4.38. The summed E-state index contributed by atoms with van der Waals surface area (Å²) in [5.74, 6) is 0.228. The number of rotatable bonds is 6. The van der Waals surface area contributed by atoms with E-state index in [0.29, 0.717) is 6.42 Å². The van der Waals surface area contributed by atoms with E-state index in [1.54, 1.807) is 14.0 Å². The zero-order chi connectivity index (χ0) is 13.8. The maximum atomic E-state index is 11.0. The summed E-state index contributed by atoms with van der Waals surface area (Å²) in [5.41, 5.74) is -0.891. The molecule has 1 heterocycles. The number of aliphatic hydroxyl groups excluding tert-OH is 1. The van der Waals surface area contributed by atoms with Crippen LogP contribution < -0.4 is 10.6 Å². The van der Waals surface area contributed by atoms with E-state index in [0.717, 1.165) is 0 Å². The van der Waals surface area contributed by atoms with Gasteiger partial charge in [-0.2, -0.15) is 0 Å². The molecule has 0 saturated heterocycles. The lowest BCUT2D eigenvalue weighted by atomic mass is 10.0. The van der Waals surface area contributed by atoms with Crippen LogP contribution in [0.3, 0.4) is 0 Å². The molecule has 0 aliphatic rings. The highest BCUT2D eigenvalue weighted by molar-refractivity contribution is 5.69. The molecule has 100 valence electrons. The third-order valence-electron chi connectivity index (χ3n) is 2.79. The van der Waals surface area contributed by atoms with E-state index >= 15 is 0 Å². The molecule has 0 aliphatic carbocycles. The molecular formula is C10H17N5O3. The molecule has 1 rings (SSSR count). The van der Waals surface area contributed by atoms with Crippen molar-refractivity contribution in [2.24, 2.45) is 0 Å². The van der Waals surface area contributed by atoms with Crippen molar-refractivity contribution < 1.29 is 10.0 Å². The fraction of sp³-hybridized carbons (Fsp3) is 0.600. The van der Waals surface area contributed by atoms with Crippen LogP contribution in [0.25, 0.3) is 0 Å². The summed E-state index contributed by atoms with van der Waals surface area (Å²) in [6.45, 7) is 3.48. The van der Waals surface area contributed by atoms with Gasteiger partial charge in [-0.25, -0.2) is 9.97 Å². The highest BCUT2D eigenvalue weighted by Gasteiger charge is 2.28. The van der Waals surface area contributed by atoms with Crippen molar-refractivity contribution in [3.63, 3.8) is 0 Å². The normalized spacial score (nSPS) is 13.8. The fourth-order valence-corrected chi connectivity index (χ4v) is 1.35. The minimum absolute atomic E-state index is 0.0951. The second-order valence-electron chi connectivity index (χ2n) is 4.12. The lowest BCUT2D eigenvalue weighted by Crippen LogP contribution is -2.38. The second-order valence-corrected chi connectivity index (χ2v) is 4.12. The predicted molar refractivity (Wildman–Crippen MR) is 67.6 cm³/mol. The summed E-state index contributed by atoms with van der Waals surface area (Å²) < 4.78 is 0. The first-order valence-corrected chi connectivity index (χ1v) is 5.53. The zero-order valence-electron chi connectivity index (χ0n) is 10.6. The van der Waals surface area contributed by atoms with Crippen molar-refractivity contribution >= 4 is 17.3 Å². The van der Waals surface area contributed by atoms with E-state index in [1.807, 2.05) is 6.92 Å². The Bertz CT molecular complexity index is 434. The van der Waals surface area contributed by atoms with Gasteiger partial charge in [-0.05, 0) is 13.3 Å². The Morgan fingerprint density at radius 2 is 2.11 bits per heavy atom. The van der Waals surface area contributed by atoms with Crippen LogP contribution in [0.5, 0.6) is 0 Å². The molecule has 8 nitrogen and oxygen atoms in total. The molecule has 1 unspecified atom stereocenters. The summed E-state index contributed by atoms with van der Waals surface area (Å²) in [7, 11) is 1.55. The molecule has 0 fully saturated rings. The van der Waals surface area contributed by atoms with E-state index in [4.69, 9.17) is 0 Å². The molecule has 3 N–H and O–H groups in total. The number of nitrogens with zero attached hydrogens (tertiary/aromatic N) is 3. The first kappa shape index (κ1) is 14.1. The van der Waals surface area contributed by atoms with Crippen LogP contribution in [0.1, 0.15) is 20.3 Å². The van der Waals surface area contributed by atoms with Gasteiger partial charge in [-0.15, -0.1) is 0 Å². The molecule has 0 aromatic carbocycles. The number of hydrogen-bond donors (Lipinski definition) is 3. The van der Waals surface area contributed by atoms with Gasteiger partial charge in [0.2, 0.25) is 11.6 Å².